The van der Waals surface area contributed by atoms with Crippen molar-refractivity contribution in [2.24, 2.45) is 23.7 Å². The summed E-state index contributed by atoms with van der Waals surface area (Å²) in [6.45, 7) is 2.62. The molecule has 0 aromatic heterocycles. The van der Waals surface area contributed by atoms with Crippen LogP contribution in [0.1, 0.15) is 38.5 Å². The van der Waals surface area contributed by atoms with Crippen LogP contribution in [0.3, 0.4) is 0 Å². The molecule has 110 valence electrons. The van der Waals surface area contributed by atoms with E-state index in [9.17, 15) is 8.42 Å². The van der Waals surface area contributed by atoms with Crippen LogP contribution in [-0.2, 0) is 10.0 Å². The molecule has 5 heteroatoms. The van der Waals surface area contributed by atoms with Crippen molar-refractivity contribution in [3.8, 4) is 0 Å². The maximum absolute atomic E-state index is 12.1. The summed E-state index contributed by atoms with van der Waals surface area (Å²) in [5.74, 6) is 2.98. The van der Waals surface area contributed by atoms with Gasteiger partial charge in [0.25, 0.3) is 0 Å². The number of sulfonamides is 1. The summed E-state index contributed by atoms with van der Waals surface area (Å²) in [5.41, 5.74) is 0. The largest absolute Gasteiger partial charge is 0.317 e. The first-order valence-electron chi connectivity index (χ1n) is 7.80. The lowest BCUT2D eigenvalue weighted by molar-refractivity contribution is 0.332. The SMILES string of the molecule is O=S(=O)(CC1CCNCC1)NCC1CC2CCC1C2. The molecule has 3 rings (SSSR count). The summed E-state index contributed by atoms with van der Waals surface area (Å²) in [5, 5.41) is 3.28. The highest BCUT2D eigenvalue weighted by Crippen LogP contribution is 2.47. The molecule has 0 radical (unpaired) electrons. The van der Waals surface area contributed by atoms with Crippen molar-refractivity contribution >= 4 is 10.0 Å². The molecule has 3 atom stereocenters. The molecule has 0 aromatic rings. The highest BCUT2D eigenvalue weighted by Gasteiger charge is 2.39. The Morgan fingerprint density at radius 3 is 2.47 bits per heavy atom. The van der Waals surface area contributed by atoms with Crippen molar-refractivity contribution in [2.45, 2.75) is 38.5 Å². The van der Waals surface area contributed by atoms with Gasteiger partial charge < -0.3 is 5.32 Å². The van der Waals surface area contributed by atoms with Crippen LogP contribution in [0, 0.1) is 23.7 Å². The first-order chi connectivity index (χ1) is 9.12. The number of nitrogens with one attached hydrogen (secondary N) is 2. The van der Waals surface area contributed by atoms with Gasteiger partial charge in [-0.1, -0.05) is 6.42 Å². The fraction of sp³-hybridized carbons (Fsp3) is 1.00. The van der Waals surface area contributed by atoms with Gasteiger partial charge in [-0.25, -0.2) is 13.1 Å². The van der Waals surface area contributed by atoms with E-state index in [0.717, 1.165) is 37.8 Å². The maximum Gasteiger partial charge on any atom is 0.211 e. The number of rotatable bonds is 5. The smallest absolute Gasteiger partial charge is 0.211 e. The van der Waals surface area contributed by atoms with E-state index in [1.54, 1.807) is 0 Å². The Kier molecular flexibility index (Phi) is 4.15. The van der Waals surface area contributed by atoms with Gasteiger partial charge in [0.05, 0.1) is 5.75 Å². The number of fused-ring (bicyclic) bond motifs is 2. The number of hydrogen-bond donors (Lipinski definition) is 2. The van der Waals surface area contributed by atoms with Crippen LogP contribution in [0.15, 0.2) is 0 Å². The van der Waals surface area contributed by atoms with Gasteiger partial charge in [-0.3, -0.25) is 0 Å². The van der Waals surface area contributed by atoms with E-state index in [4.69, 9.17) is 0 Å². The molecule has 3 fully saturated rings. The Labute approximate surface area is 116 Å². The molecule has 1 heterocycles. The molecular weight excluding hydrogens is 260 g/mol. The summed E-state index contributed by atoms with van der Waals surface area (Å²) >= 11 is 0. The third kappa shape index (κ3) is 3.50. The maximum atomic E-state index is 12.1. The lowest BCUT2D eigenvalue weighted by atomic mass is 9.89. The van der Waals surface area contributed by atoms with Crippen molar-refractivity contribution in [1.82, 2.24) is 10.0 Å². The highest BCUT2D eigenvalue weighted by atomic mass is 32.2. The molecule has 3 aliphatic rings. The molecule has 1 saturated heterocycles. The van der Waals surface area contributed by atoms with Crippen molar-refractivity contribution in [3.05, 3.63) is 0 Å². The van der Waals surface area contributed by atoms with Gasteiger partial charge in [-0.15, -0.1) is 0 Å². The molecule has 0 amide bonds. The van der Waals surface area contributed by atoms with Crippen LogP contribution >= 0.6 is 0 Å². The van der Waals surface area contributed by atoms with E-state index >= 15 is 0 Å². The van der Waals surface area contributed by atoms with Crippen LogP contribution in [0.25, 0.3) is 0 Å². The van der Waals surface area contributed by atoms with Gasteiger partial charge in [-0.2, -0.15) is 0 Å². The third-order valence-corrected chi connectivity index (χ3v) is 6.88. The Morgan fingerprint density at radius 2 is 1.84 bits per heavy atom. The Morgan fingerprint density at radius 1 is 1.05 bits per heavy atom. The molecule has 2 N–H and O–H groups in total. The average molecular weight is 286 g/mol. The summed E-state index contributed by atoms with van der Waals surface area (Å²) in [7, 11) is -3.06. The van der Waals surface area contributed by atoms with Gasteiger partial charge in [0, 0.05) is 6.54 Å². The van der Waals surface area contributed by atoms with E-state index in [1.165, 1.54) is 25.7 Å². The normalized spacial score (nSPS) is 35.9. The van der Waals surface area contributed by atoms with E-state index < -0.39 is 10.0 Å². The van der Waals surface area contributed by atoms with Crippen LogP contribution in [-0.4, -0.2) is 33.8 Å². The zero-order chi connectivity index (χ0) is 13.3. The van der Waals surface area contributed by atoms with Gasteiger partial charge in [0.2, 0.25) is 10.0 Å². The fourth-order valence-corrected chi connectivity index (χ4v) is 5.82. The van der Waals surface area contributed by atoms with E-state index in [1.807, 2.05) is 0 Å². The second-order valence-corrected chi connectivity index (χ2v) is 8.61. The minimum Gasteiger partial charge on any atom is -0.317 e. The summed E-state index contributed by atoms with van der Waals surface area (Å²) in [6.07, 6.45) is 7.29. The van der Waals surface area contributed by atoms with E-state index in [-0.39, 0.29) is 0 Å². The standard InChI is InChI=1S/C14H26N2O2S/c17-19(18,10-11-3-5-15-6-4-11)16-9-14-8-12-1-2-13(14)7-12/h11-16H,1-10H2. The van der Waals surface area contributed by atoms with Gasteiger partial charge in [0.15, 0.2) is 0 Å². The Balaban J connectivity index is 1.45. The molecule has 0 aromatic carbocycles. The lowest BCUT2D eigenvalue weighted by Gasteiger charge is -2.24. The molecule has 3 unspecified atom stereocenters. The van der Waals surface area contributed by atoms with Crippen molar-refractivity contribution in [3.63, 3.8) is 0 Å². The van der Waals surface area contributed by atoms with E-state index in [2.05, 4.69) is 10.0 Å². The lowest BCUT2D eigenvalue weighted by Crippen LogP contribution is -2.38. The zero-order valence-corrected chi connectivity index (χ0v) is 12.4. The number of piperidine rings is 1. The molecule has 1 aliphatic heterocycles. The summed E-state index contributed by atoms with van der Waals surface area (Å²) < 4.78 is 27.1. The molecule has 4 nitrogen and oxygen atoms in total. The van der Waals surface area contributed by atoms with Crippen LogP contribution < -0.4 is 10.0 Å². The van der Waals surface area contributed by atoms with Gasteiger partial charge in [-0.05, 0) is 68.9 Å². The second kappa shape index (κ2) is 5.70. The van der Waals surface area contributed by atoms with Crippen molar-refractivity contribution < 1.29 is 8.42 Å². The molecule has 2 bridgehead atoms. The van der Waals surface area contributed by atoms with E-state index in [0.29, 0.717) is 24.1 Å². The topological polar surface area (TPSA) is 58.2 Å². The van der Waals surface area contributed by atoms with Crippen molar-refractivity contribution in [2.75, 3.05) is 25.4 Å². The minimum atomic E-state index is -3.06. The molecule has 0 spiro atoms. The van der Waals surface area contributed by atoms with Crippen LogP contribution in [0.4, 0.5) is 0 Å². The molecular formula is C14H26N2O2S. The zero-order valence-electron chi connectivity index (χ0n) is 11.6. The van der Waals surface area contributed by atoms with Gasteiger partial charge >= 0.3 is 0 Å². The quantitative estimate of drug-likeness (QED) is 0.802. The monoisotopic (exact) mass is 286 g/mol. The second-order valence-electron chi connectivity index (χ2n) is 6.76. The number of hydrogen-bond acceptors (Lipinski definition) is 3. The molecule has 2 saturated carbocycles. The molecule has 2 aliphatic carbocycles. The van der Waals surface area contributed by atoms with Gasteiger partial charge in [0.1, 0.15) is 0 Å². The predicted octanol–water partition coefficient (Wildman–Crippen LogP) is 1.34. The predicted molar refractivity (Wildman–Crippen MR) is 76.3 cm³/mol. The first kappa shape index (κ1) is 13.8. The van der Waals surface area contributed by atoms with Crippen LogP contribution in [0.2, 0.25) is 0 Å². The highest BCUT2D eigenvalue weighted by molar-refractivity contribution is 7.89. The summed E-state index contributed by atoms with van der Waals surface area (Å²) in [4.78, 5) is 0. The third-order valence-electron chi connectivity index (χ3n) is 5.36. The van der Waals surface area contributed by atoms with Crippen molar-refractivity contribution in [1.29, 1.82) is 0 Å². The fourth-order valence-electron chi connectivity index (χ4n) is 4.28. The Bertz CT molecular complexity index is 404. The summed E-state index contributed by atoms with van der Waals surface area (Å²) in [6, 6.07) is 0. The Hall–Kier alpha value is -0.130. The average Bonchev–Trinajstić information content (AvgIpc) is 2.99. The first-order valence-corrected chi connectivity index (χ1v) is 9.45. The molecule has 19 heavy (non-hydrogen) atoms. The van der Waals surface area contributed by atoms with Crippen LogP contribution in [0.5, 0.6) is 0 Å². The minimum absolute atomic E-state index is 0.329.